The molecule has 1 N–H and O–H groups in total. The molecular formula is C28H36N2O5. The van der Waals surface area contributed by atoms with Crippen molar-refractivity contribution >= 4 is 23.5 Å². The molecular weight excluding hydrogens is 444 g/mol. The standard InChI is InChI=1S/C28H36N2O5/c1-5-34-27(33)23(17-15-20-11-7-6-8-12-20)29-22-18-16-21-13-9-10-14-24(21)30(26(22)32)19-25(31)35-28(2,3)4/h6-14,22-23,29H,5,15-19H2,1-4H3/i6D,7D,8D,11D,12D. The summed E-state index contributed by atoms with van der Waals surface area (Å²) in [7, 11) is 0. The van der Waals surface area contributed by atoms with Crippen molar-refractivity contribution in [1.82, 2.24) is 5.32 Å². The van der Waals surface area contributed by atoms with Gasteiger partial charge in [0, 0.05) is 5.69 Å². The number of rotatable bonds is 9. The van der Waals surface area contributed by atoms with Crippen LogP contribution in [0, 0.1) is 0 Å². The lowest BCUT2D eigenvalue weighted by atomic mass is 10.0. The number of esters is 2. The molecule has 0 spiro atoms. The van der Waals surface area contributed by atoms with Gasteiger partial charge >= 0.3 is 11.9 Å². The molecule has 0 saturated heterocycles. The van der Waals surface area contributed by atoms with Crippen LogP contribution < -0.4 is 10.2 Å². The predicted molar refractivity (Wildman–Crippen MR) is 135 cm³/mol. The Bertz CT molecular complexity index is 1250. The molecule has 2 aromatic rings. The zero-order chi connectivity index (χ0) is 29.8. The maximum Gasteiger partial charge on any atom is 0.326 e. The number of benzene rings is 2. The number of nitrogens with zero attached hydrogens (tertiary/aromatic N) is 1. The number of hydrogen-bond donors (Lipinski definition) is 1. The molecule has 0 bridgehead atoms. The highest BCUT2D eigenvalue weighted by atomic mass is 16.6. The van der Waals surface area contributed by atoms with Gasteiger partial charge in [-0.15, -0.1) is 0 Å². The fourth-order valence-corrected chi connectivity index (χ4v) is 3.98. The number of anilines is 1. The van der Waals surface area contributed by atoms with Crippen LogP contribution in [-0.4, -0.2) is 48.7 Å². The first-order valence-electron chi connectivity index (χ1n) is 14.3. The third kappa shape index (κ3) is 7.65. The summed E-state index contributed by atoms with van der Waals surface area (Å²) in [6.07, 6.45) is 0.846. The summed E-state index contributed by atoms with van der Waals surface area (Å²) >= 11 is 0. The van der Waals surface area contributed by atoms with Crippen molar-refractivity contribution in [1.29, 1.82) is 0 Å². The number of amides is 1. The van der Waals surface area contributed by atoms with Crippen LogP contribution in [0.2, 0.25) is 0 Å². The molecule has 0 aliphatic carbocycles. The average Bonchev–Trinajstić information content (AvgIpc) is 3.01. The second kappa shape index (κ2) is 12.0. The lowest BCUT2D eigenvalue weighted by molar-refractivity contribution is -0.154. The van der Waals surface area contributed by atoms with Crippen LogP contribution in [0.25, 0.3) is 0 Å². The third-order valence-electron chi connectivity index (χ3n) is 5.46. The van der Waals surface area contributed by atoms with Gasteiger partial charge in [-0.1, -0.05) is 48.4 Å². The molecule has 0 aromatic heterocycles. The van der Waals surface area contributed by atoms with Crippen molar-refractivity contribution in [2.45, 2.75) is 71.1 Å². The minimum Gasteiger partial charge on any atom is -0.465 e. The SMILES string of the molecule is [2H]c1c([2H])c([2H])c(CCC(NC2CCc3ccccc3N(CC(=O)OC(C)(C)C)C2=O)C(=O)OCC)c([2H])c1[2H]. The molecule has 35 heavy (non-hydrogen) atoms. The van der Waals surface area contributed by atoms with E-state index in [9.17, 15) is 14.4 Å². The van der Waals surface area contributed by atoms with E-state index in [1.165, 1.54) is 4.90 Å². The van der Waals surface area contributed by atoms with E-state index in [1.54, 1.807) is 39.8 Å². The quantitative estimate of drug-likeness (QED) is 0.544. The van der Waals surface area contributed by atoms with E-state index in [1.807, 2.05) is 12.1 Å². The first kappa shape index (κ1) is 20.0. The maximum absolute atomic E-state index is 13.8. The second-order valence-corrected chi connectivity index (χ2v) is 9.34. The molecule has 3 rings (SSSR count). The van der Waals surface area contributed by atoms with Gasteiger partial charge < -0.3 is 9.47 Å². The van der Waals surface area contributed by atoms with Crippen molar-refractivity contribution in [3.8, 4) is 0 Å². The molecule has 188 valence electrons. The van der Waals surface area contributed by atoms with E-state index in [-0.39, 0.29) is 43.6 Å². The van der Waals surface area contributed by atoms with Gasteiger partial charge in [-0.2, -0.15) is 0 Å². The Balaban J connectivity index is 1.88. The molecule has 7 heteroatoms. The number of aryl methyl sites for hydroxylation is 1. The monoisotopic (exact) mass is 485 g/mol. The van der Waals surface area contributed by atoms with E-state index >= 15 is 0 Å². The van der Waals surface area contributed by atoms with E-state index in [0.717, 1.165) is 5.56 Å². The number of ether oxygens (including phenoxy) is 2. The Morgan fingerprint density at radius 3 is 2.60 bits per heavy atom. The normalized spacial score (nSPS) is 18.7. The van der Waals surface area contributed by atoms with E-state index in [2.05, 4.69) is 5.32 Å². The van der Waals surface area contributed by atoms with Gasteiger partial charge in [0.05, 0.1) is 19.5 Å². The molecule has 2 atom stereocenters. The number of hydrogen-bond acceptors (Lipinski definition) is 6. The largest absolute Gasteiger partial charge is 0.465 e. The van der Waals surface area contributed by atoms with E-state index < -0.39 is 53.7 Å². The summed E-state index contributed by atoms with van der Waals surface area (Å²) < 4.78 is 50.7. The van der Waals surface area contributed by atoms with Crippen molar-refractivity contribution < 1.29 is 30.7 Å². The Kier molecular flexibility index (Phi) is 6.86. The van der Waals surface area contributed by atoms with Crippen LogP contribution in [0.4, 0.5) is 5.69 Å². The summed E-state index contributed by atoms with van der Waals surface area (Å²) in [5.74, 6) is -1.60. The van der Waals surface area contributed by atoms with Gasteiger partial charge in [-0.3, -0.25) is 24.6 Å². The summed E-state index contributed by atoms with van der Waals surface area (Å²) in [4.78, 5) is 40.8. The van der Waals surface area contributed by atoms with Crippen molar-refractivity contribution in [3.05, 3.63) is 65.6 Å². The molecule has 1 heterocycles. The molecule has 7 nitrogen and oxygen atoms in total. The third-order valence-corrected chi connectivity index (χ3v) is 5.46. The van der Waals surface area contributed by atoms with Gasteiger partial charge in [0.2, 0.25) is 5.91 Å². The maximum atomic E-state index is 13.8. The highest BCUT2D eigenvalue weighted by Gasteiger charge is 2.35. The first-order chi connectivity index (χ1) is 18.7. The predicted octanol–water partition coefficient (Wildman–Crippen LogP) is 3.83. The lowest BCUT2D eigenvalue weighted by Crippen LogP contribution is -2.53. The van der Waals surface area contributed by atoms with Crippen LogP contribution in [-0.2, 0) is 36.7 Å². The number of carbonyl (C=O) groups excluding carboxylic acids is 3. The Labute approximate surface area is 214 Å². The summed E-state index contributed by atoms with van der Waals surface area (Å²) in [5.41, 5.74) is 0.805. The highest BCUT2D eigenvalue weighted by Crippen LogP contribution is 2.27. The Morgan fingerprint density at radius 2 is 1.91 bits per heavy atom. The van der Waals surface area contributed by atoms with Crippen molar-refractivity contribution in [2.75, 3.05) is 18.1 Å². The van der Waals surface area contributed by atoms with Gasteiger partial charge in [-0.05, 0) is 70.6 Å². The molecule has 2 aromatic carbocycles. The molecule has 0 saturated carbocycles. The number of carbonyl (C=O) groups is 3. The zero-order valence-electron chi connectivity index (χ0n) is 25.7. The van der Waals surface area contributed by atoms with Crippen molar-refractivity contribution in [3.63, 3.8) is 0 Å². The average molecular weight is 486 g/mol. The van der Waals surface area contributed by atoms with Crippen LogP contribution >= 0.6 is 0 Å². The topological polar surface area (TPSA) is 84.9 Å². The molecule has 1 aliphatic rings. The summed E-state index contributed by atoms with van der Waals surface area (Å²) in [6.45, 7) is 6.67. The number of nitrogens with one attached hydrogen (secondary N) is 1. The minimum absolute atomic E-state index is 0.0189. The molecule has 1 amide bonds. The smallest absolute Gasteiger partial charge is 0.326 e. The van der Waals surface area contributed by atoms with Crippen LogP contribution in [0.1, 0.15) is 58.5 Å². The number of para-hydroxylation sites is 1. The minimum atomic E-state index is -1.00. The van der Waals surface area contributed by atoms with Crippen LogP contribution in [0.15, 0.2) is 54.5 Å². The second-order valence-electron chi connectivity index (χ2n) is 9.34. The highest BCUT2D eigenvalue weighted by molar-refractivity contribution is 6.02. The zero-order valence-corrected chi connectivity index (χ0v) is 20.7. The van der Waals surface area contributed by atoms with Gasteiger partial charge in [0.1, 0.15) is 18.2 Å². The van der Waals surface area contributed by atoms with Crippen molar-refractivity contribution in [2.24, 2.45) is 0 Å². The van der Waals surface area contributed by atoms with Crippen LogP contribution in [0.5, 0.6) is 0 Å². The molecule has 0 fully saturated rings. The van der Waals surface area contributed by atoms with Gasteiger partial charge in [0.25, 0.3) is 0 Å². The lowest BCUT2D eigenvalue weighted by Gasteiger charge is -2.29. The summed E-state index contributed by atoms with van der Waals surface area (Å²) in [5, 5.41) is 3.10. The van der Waals surface area contributed by atoms with Crippen LogP contribution in [0.3, 0.4) is 0 Å². The molecule has 0 radical (unpaired) electrons. The summed E-state index contributed by atoms with van der Waals surface area (Å²) in [6, 6.07) is 3.35. The Morgan fingerprint density at radius 1 is 1.20 bits per heavy atom. The van der Waals surface area contributed by atoms with Gasteiger partial charge in [-0.25, -0.2) is 0 Å². The molecule has 1 aliphatic heterocycles. The fraction of sp³-hybridized carbons (Fsp3) is 0.464. The fourth-order valence-electron chi connectivity index (χ4n) is 3.98. The molecule has 2 unspecified atom stereocenters. The van der Waals surface area contributed by atoms with Gasteiger partial charge in [0.15, 0.2) is 0 Å². The van der Waals surface area contributed by atoms with E-state index in [0.29, 0.717) is 18.5 Å². The first-order valence-corrected chi connectivity index (χ1v) is 11.8. The van der Waals surface area contributed by atoms with E-state index in [4.69, 9.17) is 16.3 Å². The Hall–Kier alpha value is -3.19. The number of fused-ring (bicyclic) bond motifs is 1.